The summed E-state index contributed by atoms with van der Waals surface area (Å²) in [6, 6.07) is 7.69. The van der Waals surface area contributed by atoms with E-state index in [1.54, 1.807) is 20.8 Å². The molecule has 2 heteroatoms. The summed E-state index contributed by atoms with van der Waals surface area (Å²) in [5.41, 5.74) is 1.25. The van der Waals surface area contributed by atoms with Crippen molar-refractivity contribution in [3.8, 4) is 0 Å². The van der Waals surface area contributed by atoms with Crippen LogP contribution in [0.1, 0.15) is 38.0 Å². The maximum atomic E-state index is 9.64. The highest BCUT2D eigenvalue weighted by Crippen LogP contribution is 2.17. The Morgan fingerprint density at radius 3 is 2.50 bits per heavy atom. The molecule has 0 amide bonds. The molecule has 78 valence electrons. The van der Waals surface area contributed by atoms with Crippen molar-refractivity contribution in [2.45, 2.75) is 38.9 Å². The first-order valence-corrected chi connectivity index (χ1v) is 4.88. The first-order valence-electron chi connectivity index (χ1n) is 4.88. The lowest BCUT2D eigenvalue weighted by Gasteiger charge is -2.17. The van der Waals surface area contributed by atoms with Crippen molar-refractivity contribution in [2.24, 2.45) is 0 Å². The Labute approximate surface area is 85.2 Å². The molecule has 0 saturated heterocycles. The van der Waals surface area contributed by atoms with Gasteiger partial charge in [0.15, 0.2) is 0 Å². The van der Waals surface area contributed by atoms with Gasteiger partial charge in [-0.05, 0) is 31.9 Å². The molecule has 0 aromatic heterocycles. The maximum absolute atomic E-state index is 9.64. The predicted molar refractivity (Wildman–Crippen MR) is 57.1 cm³/mol. The van der Waals surface area contributed by atoms with E-state index < -0.39 is 11.7 Å². The van der Waals surface area contributed by atoms with Gasteiger partial charge in [0.2, 0.25) is 0 Å². The second-order valence-electron chi connectivity index (χ2n) is 4.41. The maximum Gasteiger partial charge on any atom is 0.0762 e. The van der Waals surface area contributed by atoms with Gasteiger partial charge in [-0.3, -0.25) is 0 Å². The molecule has 0 heterocycles. The number of benzene rings is 1. The third-order valence-electron chi connectivity index (χ3n) is 2.07. The topological polar surface area (TPSA) is 40.5 Å². The van der Waals surface area contributed by atoms with Crippen molar-refractivity contribution in [1.29, 1.82) is 0 Å². The van der Waals surface area contributed by atoms with Crippen molar-refractivity contribution in [3.63, 3.8) is 0 Å². The molecule has 0 aliphatic rings. The van der Waals surface area contributed by atoms with E-state index in [9.17, 15) is 10.2 Å². The lowest BCUT2D eigenvalue weighted by molar-refractivity contribution is 0.0809. The molecule has 1 unspecified atom stereocenters. The summed E-state index contributed by atoms with van der Waals surface area (Å²) in [4.78, 5) is 0. The molecule has 0 fully saturated rings. The molecular weight excluding hydrogens is 176 g/mol. The Balaban J connectivity index is 2.84. The molecule has 1 rings (SSSR count). The molecule has 2 nitrogen and oxygen atoms in total. The largest absolute Gasteiger partial charge is 0.390 e. The Bertz CT molecular complexity index is 297. The molecule has 1 aromatic rings. The highest BCUT2D eigenvalue weighted by atomic mass is 16.3. The van der Waals surface area contributed by atoms with Crippen LogP contribution < -0.4 is 0 Å². The quantitative estimate of drug-likeness (QED) is 0.773. The second kappa shape index (κ2) is 4.11. The normalized spacial score (nSPS) is 14.1. The van der Waals surface area contributed by atoms with Gasteiger partial charge in [0.05, 0.1) is 11.7 Å². The van der Waals surface area contributed by atoms with Crippen LogP contribution in [-0.4, -0.2) is 15.8 Å². The zero-order valence-corrected chi connectivity index (χ0v) is 8.99. The van der Waals surface area contributed by atoms with Crippen LogP contribution in [-0.2, 0) is 6.42 Å². The van der Waals surface area contributed by atoms with Gasteiger partial charge < -0.3 is 10.2 Å². The Hall–Kier alpha value is -0.860. The number of hydrogen-bond donors (Lipinski definition) is 2. The molecule has 1 atom stereocenters. The second-order valence-corrected chi connectivity index (χ2v) is 4.41. The number of aliphatic hydroxyl groups excluding tert-OH is 1. The van der Waals surface area contributed by atoms with E-state index in [4.69, 9.17) is 0 Å². The number of aliphatic hydroxyl groups is 2. The lowest BCUT2D eigenvalue weighted by atomic mass is 9.96. The summed E-state index contributed by atoms with van der Waals surface area (Å²) in [7, 11) is 0. The van der Waals surface area contributed by atoms with E-state index in [1.807, 2.05) is 24.3 Å². The standard InChI is InChI=1S/C12H18O2/c1-9(13)11-6-4-5-10(7-11)8-12(2,3)14/h4-7,9,13-14H,8H2,1-3H3. The number of hydrogen-bond acceptors (Lipinski definition) is 2. The first-order chi connectivity index (χ1) is 6.38. The molecule has 0 aliphatic heterocycles. The summed E-state index contributed by atoms with van der Waals surface area (Å²) in [6.07, 6.45) is 0.157. The Morgan fingerprint density at radius 2 is 2.00 bits per heavy atom. The van der Waals surface area contributed by atoms with Crippen LogP contribution in [0.2, 0.25) is 0 Å². The van der Waals surface area contributed by atoms with Crippen LogP contribution in [0.3, 0.4) is 0 Å². The molecule has 0 bridgehead atoms. The first kappa shape index (κ1) is 11.2. The molecular formula is C12H18O2. The fraction of sp³-hybridized carbons (Fsp3) is 0.500. The van der Waals surface area contributed by atoms with Gasteiger partial charge in [0, 0.05) is 6.42 Å². The van der Waals surface area contributed by atoms with E-state index in [-0.39, 0.29) is 0 Å². The zero-order chi connectivity index (χ0) is 10.8. The third-order valence-corrected chi connectivity index (χ3v) is 2.07. The van der Waals surface area contributed by atoms with Crippen molar-refractivity contribution >= 4 is 0 Å². The third kappa shape index (κ3) is 3.48. The van der Waals surface area contributed by atoms with Crippen LogP contribution in [0.4, 0.5) is 0 Å². The van der Waals surface area contributed by atoms with Gasteiger partial charge in [-0.15, -0.1) is 0 Å². The lowest BCUT2D eigenvalue weighted by Crippen LogP contribution is -2.21. The SMILES string of the molecule is CC(O)c1cccc(CC(C)(C)O)c1. The van der Waals surface area contributed by atoms with Crippen molar-refractivity contribution in [1.82, 2.24) is 0 Å². The molecule has 1 aromatic carbocycles. The van der Waals surface area contributed by atoms with Gasteiger partial charge in [-0.2, -0.15) is 0 Å². The molecule has 14 heavy (non-hydrogen) atoms. The molecule has 0 spiro atoms. The van der Waals surface area contributed by atoms with Crippen LogP contribution in [0.25, 0.3) is 0 Å². The van der Waals surface area contributed by atoms with Crippen LogP contribution >= 0.6 is 0 Å². The molecule has 2 N–H and O–H groups in total. The Morgan fingerprint density at radius 1 is 1.36 bits per heavy atom. The summed E-state index contributed by atoms with van der Waals surface area (Å²) < 4.78 is 0. The minimum Gasteiger partial charge on any atom is -0.390 e. The predicted octanol–water partition coefficient (Wildman–Crippen LogP) is 2.05. The molecule has 0 saturated carbocycles. The van der Waals surface area contributed by atoms with Gasteiger partial charge in [0.1, 0.15) is 0 Å². The minimum atomic E-state index is -0.697. The number of rotatable bonds is 3. The van der Waals surface area contributed by atoms with Crippen molar-refractivity contribution in [3.05, 3.63) is 35.4 Å². The van der Waals surface area contributed by atoms with Gasteiger partial charge in [0.25, 0.3) is 0 Å². The summed E-state index contributed by atoms with van der Waals surface area (Å²) >= 11 is 0. The van der Waals surface area contributed by atoms with E-state index in [0.717, 1.165) is 11.1 Å². The van der Waals surface area contributed by atoms with Gasteiger partial charge in [-0.1, -0.05) is 24.3 Å². The highest BCUT2D eigenvalue weighted by molar-refractivity contribution is 5.25. The van der Waals surface area contributed by atoms with E-state index in [1.165, 1.54) is 0 Å². The fourth-order valence-corrected chi connectivity index (χ4v) is 1.46. The molecule has 0 aliphatic carbocycles. The average Bonchev–Trinajstić information content (AvgIpc) is 2.01. The smallest absolute Gasteiger partial charge is 0.0762 e. The highest BCUT2D eigenvalue weighted by Gasteiger charge is 2.13. The molecule has 0 radical (unpaired) electrons. The summed E-state index contributed by atoms with van der Waals surface area (Å²) in [6.45, 7) is 5.30. The Kier molecular flexibility index (Phi) is 3.29. The monoisotopic (exact) mass is 194 g/mol. The van der Waals surface area contributed by atoms with Crippen LogP contribution in [0.5, 0.6) is 0 Å². The van der Waals surface area contributed by atoms with E-state index in [2.05, 4.69) is 0 Å². The van der Waals surface area contributed by atoms with Crippen molar-refractivity contribution in [2.75, 3.05) is 0 Å². The van der Waals surface area contributed by atoms with E-state index in [0.29, 0.717) is 6.42 Å². The summed E-state index contributed by atoms with van der Waals surface area (Å²) in [5.74, 6) is 0. The van der Waals surface area contributed by atoms with Gasteiger partial charge in [-0.25, -0.2) is 0 Å². The zero-order valence-electron chi connectivity index (χ0n) is 8.99. The van der Waals surface area contributed by atoms with Crippen LogP contribution in [0, 0.1) is 0 Å². The fourth-order valence-electron chi connectivity index (χ4n) is 1.46. The minimum absolute atomic E-state index is 0.447. The summed E-state index contributed by atoms with van der Waals surface area (Å²) in [5, 5.41) is 19.0. The van der Waals surface area contributed by atoms with E-state index >= 15 is 0 Å². The van der Waals surface area contributed by atoms with Crippen LogP contribution in [0.15, 0.2) is 24.3 Å². The van der Waals surface area contributed by atoms with Gasteiger partial charge >= 0.3 is 0 Å². The average molecular weight is 194 g/mol. The van der Waals surface area contributed by atoms with Crippen molar-refractivity contribution < 1.29 is 10.2 Å².